The fourth-order valence-electron chi connectivity index (χ4n) is 3.54. The van der Waals surface area contributed by atoms with Crippen LogP contribution in [0.25, 0.3) is 11.1 Å². The van der Waals surface area contributed by atoms with E-state index in [1.165, 1.54) is 12.0 Å². The van der Waals surface area contributed by atoms with E-state index in [1.807, 2.05) is 18.2 Å². The van der Waals surface area contributed by atoms with Crippen molar-refractivity contribution in [2.24, 2.45) is 0 Å². The molecule has 4 heteroatoms. The normalized spacial score (nSPS) is 19.2. The van der Waals surface area contributed by atoms with Crippen LogP contribution in [0.2, 0.25) is 0 Å². The summed E-state index contributed by atoms with van der Waals surface area (Å²) in [7, 11) is 0. The number of benzene rings is 2. The predicted octanol–water partition coefficient (Wildman–Crippen LogP) is 4.84. The van der Waals surface area contributed by atoms with Gasteiger partial charge in [-0.05, 0) is 79.5 Å². The van der Waals surface area contributed by atoms with Crippen LogP contribution in [0, 0.1) is 0 Å². The van der Waals surface area contributed by atoms with Crippen LogP contribution in [0.3, 0.4) is 0 Å². The number of aliphatic carboxylic acids is 1. The predicted molar refractivity (Wildman–Crippen MR) is 99.8 cm³/mol. The van der Waals surface area contributed by atoms with E-state index in [0.717, 1.165) is 48.3 Å². The van der Waals surface area contributed by atoms with E-state index in [0.29, 0.717) is 12.5 Å². The van der Waals surface area contributed by atoms with Gasteiger partial charge in [-0.3, -0.25) is 4.79 Å². The van der Waals surface area contributed by atoms with Gasteiger partial charge in [-0.2, -0.15) is 0 Å². The second kappa shape index (κ2) is 7.40. The lowest BCUT2D eigenvalue weighted by molar-refractivity contribution is -0.137. The summed E-state index contributed by atoms with van der Waals surface area (Å²) in [6.45, 7) is 0. The van der Waals surface area contributed by atoms with Gasteiger partial charge < -0.3 is 14.6 Å². The highest BCUT2D eigenvalue weighted by molar-refractivity contribution is 5.68. The monoisotopic (exact) mass is 352 g/mol. The summed E-state index contributed by atoms with van der Waals surface area (Å²) < 4.78 is 12.0. The summed E-state index contributed by atoms with van der Waals surface area (Å²) in [5, 5.41) is 8.83. The topological polar surface area (TPSA) is 55.8 Å². The number of fused-ring (bicyclic) bond motifs is 1. The van der Waals surface area contributed by atoms with Crippen LogP contribution in [0.4, 0.5) is 0 Å². The highest BCUT2D eigenvalue weighted by atomic mass is 16.5. The van der Waals surface area contributed by atoms with E-state index >= 15 is 0 Å². The summed E-state index contributed by atoms with van der Waals surface area (Å²) in [5.41, 5.74) is 3.51. The van der Waals surface area contributed by atoms with Crippen LogP contribution < -0.4 is 9.47 Å². The maximum atomic E-state index is 10.7. The Labute approximate surface area is 153 Å². The van der Waals surface area contributed by atoms with Crippen molar-refractivity contribution in [1.82, 2.24) is 0 Å². The maximum absolute atomic E-state index is 10.7. The average Bonchev–Trinajstić information content (AvgIpc) is 2.63. The Hall–Kier alpha value is -2.49. The molecule has 0 bridgehead atoms. The molecule has 2 aromatic rings. The first-order valence-electron chi connectivity index (χ1n) is 9.46. The minimum absolute atomic E-state index is 0.00338. The Morgan fingerprint density at radius 2 is 1.96 bits per heavy atom. The van der Waals surface area contributed by atoms with Crippen molar-refractivity contribution in [1.29, 1.82) is 0 Å². The molecule has 1 unspecified atom stereocenters. The third kappa shape index (κ3) is 3.85. The second-order valence-electron chi connectivity index (χ2n) is 7.23. The smallest absolute Gasteiger partial charge is 0.303 e. The number of hydrogen-bond donors (Lipinski definition) is 1. The van der Waals surface area contributed by atoms with Crippen molar-refractivity contribution in [2.75, 3.05) is 0 Å². The molecule has 0 saturated heterocycles. The highest BCUT2D eigenvalue weighted by Gasteiger charge is 2.21. The van der Waals surface area contributed by atoms with E-state index in [4.69, 9.17) is 14.6 Å². The number of hydrogen-bond acceptors (Lipinski definition) is 3. The fourth-order valence-corrected chi connectivity index (χ4v) is 3.54. The van der Waals surface area contributed by atoms with Gasteiger partial charge in [0.05, 0.1) is 12.2 Å². The lowest BCUT2D eigenvalue weighted by atomic mass is 9.95. The molecule has 4 rings (SSSR count). The van der Waals surface area contributed by atoms with E-state index in [2.05, 4.69) is 24.3 Å². The Bertz CT molecular complexity index is 794. The summed E-state index contributed by atoms with van der Waals surface area (Å²) in [5.74, 6) is 1.06. The lowest BCUT2D eigenvalue weighted by Gasteiger charge is -2.27. The van der Waals surface area contributed by atoms with Crippen molar-refractivity contribution in [3.8, 4) is 22.6 Å². The molecule has 4 nitrogen and oxygen atoms in total. The molecule has 0 radical (unpaired) electrons. The first kappa shape index (κ1) is 17.0. The van der Waals surface area contributed by atoms with Gasteiger partial charge in [0.1, 0.15) is 11.5 Å². The Morgan fingerprint density at radius 3 is 2.73 bits per heavy atom. The van der Waals surface area contributed by atoms with Crippen LogP contribution in [0.5, 0.6) is 11.5 Å². The molecule has 2 aliphatic rings. The number of carbonyl (C=O) groups is 1. The Kier molecular flexibility index (Phi) is 4.83. The first-order valence-corrected chi connectivity index (χ1v) is 9.46. The van der Waals surface area contributed by atoms with Crippen molar-refractivity contribution < 1.29 is 19.4 Å². The van der Waals surface area contributed by atoms with Gasteiger partial charge in [0, 0.05) is 6.42 Å². The molecule has 0 spiro atoms. The van der Waals surface area contributed by atoms with E-state index in [9.17, 15) is 4.79 Å². The molecular weight excluding hydrogens is 328 g/mol. The zero-order valence-electron chi connectivity index (χ0n) is 14.8. The molecule has 26 heavy (non-hydrogen) atoms. The number of carboxylic acid groups (broad SMARTS) is 1. The minimum atomic E-state index is -0.765. The molecular formula is C22H24O4. The molecule has 1 heterocycles. The number of ether oxygens (including phenoxy) is 2. The van der Waals surface area contributed by atoms with E-state index in [1.54, 1.807) is 0 Å². The maximum Gasteiger partial charge on any atom is 0.303 e. The van der Waals surface area contributed by atoms with Gasteiger partial charge in [-0.25, -0.2) is 0 Å². The molecule has 1 atom stereocenters. The SMILES string of the molecule is O=C(O)CCC1CCc2cc(-c3cccc(OC4CCC4)c3)ccc2O1. The molecule has 1 fully saturated rings. The molecule has 1 aliphatic carbocycles. The molecule has 2 aromatic carbocycles. The van der Waals surface area contributed by atoms with Gasteiger partial charge in [-0.1, -0.05) is 18.2 Å². The van der Waals surface area contributed by atoms with Crippen LogP contribution >= 0.6 is 0 Å². The summed E-state index contributed by atoms with van der Waals surface area (Å²) in [4.78, 5) is 10.7. The quantitative estimate of drug-likeness (QED) is 0.808. The van der Waals surface area contributed by atoms with Crippen molar-refractivity contribution in [3.63, 3.8) is 0 Å². The van der Waals surface area contributed by atoms with Gasteiger partial charge in [-0.15, -0.1) is 0 Å². The van der Waals surface area contributed by atoms with Gasteiger partial charge in [0.15, 0.2) is 0 Å². The molecule has 136 valence electrons. The molecule has 0 amide bonds. The van der Waals surface area contributed by atoms with Crippen LogP contribution in [-0.2, 0) is 11.2 Å². The van der Waals surface area contributed by atoms with E-state index < -0.39 is 5.97 Å². The second-order valence-corrected chi connectivity index (χ2v) is 7.23. The first-order chi connectivity index (χ1) is 12.7. The highest BCUT2D eigenvalue weighted by Crippen LogP contribution is 2.34. The van der Waals surface area contributed by atoms with E-state index in [-0.39, 0.29) is 12.5 Å². The molecule has 1 N–H and O–H groups in total. The zero-order valence-corrected chi connectivity index (χ0v) is 14.8. The Morgan fingerprint density at radius 1 is 1.12 bits per heavy atom. The van der Waals surface area contributed by atoms with Crippen LogP contribution in [0.15, 0.2) is 42.5 Å². The summed E-state index contributed by atoms with van der Waals surface area (Å²) in [6, 6.07) is 14.6. The molecule has 1 saturated carbocycles. The fraction of sp³-hybridized carbons (Fsp3) is 0.409. The number of rotatable bonds is 6. The van der Waals surface area contributed by atoms with Crippen molar-refractivity contribution >= 4 is 5.97 Å². The third-order valence-electron chi connectivity index (χ3n) is 5.29. The largest absolute Gasteiger partial charge is 0.490 e. The summed E-state index contributed by atoms with van der Waals surface area (Å²) in [6.07, 6.45) is 6.48. The number of carboxylic acids is 1. The molecule has 1 aliphatic heterocycles. The van der Waals surface area contributed by atoms with Gasteiger partial charge >= 0.3 is 5.97 Å². The van der Waals surface area contributed by atoms with Crippen molar-refractivity contribution in [3.05, 3.63) is 48.0 Å². The van der Waals surface area contributed by atoms with Gasteiger partial charge in [0.25, 0.3) is 0 Å². The lowest BCUT2D eigenvalue weighted by Crippen LogP contribution is -2.24. The average molecular weight is 352 g/mol. The summed E-state index contributed by atoms with van der Waals surface area (Å²) >= 11 is 0. The number of aryl methyl sites for hydroxylation is 1. The Balaban J connectivity index is 1.47. The minimum Gasteiger partial charge on any atom is -0.490 e. The third-order valence-corrected chi connectivity index (χ3v) is 5.29. The van der Waals surface area contributed by atoms with Crippen LogP contribution in [0.1, 0.15) is 44.1 Å². The zero-order chi connectivity index (χ0) is 17.9. The standard InChI is InChI=1S/C22H24O4/c23-22(24)12-10-19-9-7-17-13-16(8-11-21(17)26-19)15-3-1-6-20(14-15)25-18-4-2-5-18/h1,3,6,8,11,13-14,18-19H,2,4-5,7,9-10,12H2,(H,23,24). The van der Waals surface area contributed by atoms with Crippen LogP contribution in [-0.4, -0.2) is 23.3 Å². The molecule has 0 aromatic heterocycles. The van der Waals surface area contributed by atoms with Gasteiger partial charge in [0.2, 0.25) is 0 Å². The van der Waals surface area contributed by atoms with Crippen molar-refractivity contribution in [2.45, 2.75) is 57.2 Å².